The first-order valence-electron chi connectivity index (χ1n) is 2.12. The fraction of sp³-hybridized carbons (Fsp3) is 0.600. The highest BCUT2D eigenvalue weighted by atomic mass is 16.3. The summed E-state index contributed by atoms with van der Waals surface area (Å²) in [4.78, 5) is 0. The van der Waals surface area contributed by atoms with Crippen LogP contribution in [0.3, 0.4) is 0 Å². The van der Waals surface area contributed by atoms with E-state index in [1.807, 2.05) is 6.92 Å². The molecule has 0 rings (SSSR count). The maximum absolute atomic E-state index is 7.62. The summed E-state index contributed by atoms with van der Waals surface area (Å²) < 4.78 is 0. The second-order valence-electron chi connectivity index (χ2n) is 0.855. The highest BCUT2D eigenvalue weighted by Gasteiger charge is 1.58. The number of hydrogen-bond acceptors (Lipinski definition) is 4. The summed E-state index contributed by atoms with van der Waals surface area (Å²) in [6, 6.07) is 0. The van der Waals surface area contributed by atoms with Crippen molar-refractivity contribution in [3.63, 3.8) is 0 Å². The predicted molar refractivity (Wildman–Crippen MR) is 40.1 cm³/mol. The third kappa shape index (κ3) is 702. The Kier molecular flexibility index (Phi) is 129. The van der Waals surface area contributed by atoms with Crippen molar-refractivity contribution in [2.24, 2.45) is 0 Å². The average molecular weight is 138 g/mol. The van der Waals surface area contributed by atoms with Crippen LogP contribution in [0.1, 0.15) is 6.92 Å². The summed E-state index contributed by atoms with van der Waals surface area (Å²) in [6.45, 7) is 5.00. The fourth-order valence-electron chi connectivity index (χ4n) is 0. The van der Waals surface area contributed by atoms with Gasteiger partial charge in [0.15, 0.2) is 0 Å². The quantitative estimate of drug-likeness (QED) is 0.395. The molecular formula is C5H18N2O2. The van der Waals surface area contributed by atoms with Crippen molar-refractivity contribution in [3.8, 4) is 0 Å². The van der Waals surface area contributed by atoms with Gasteiger partial charge in [0.25, 0.3) is 0 Å². The average Bonchev–Trinajstić information content (AvgIpc) is 1.69. The van der Waals surface area contributed by atoms with Gasteiger partial charge in [0.2, 0.25) is 0 Å². The Morgan fingerprint density at radius 2 is 1.33 bits per heavy atom. The Morgan fingerprint density at radius 3 is 1.33 bits per heavy atom. The molecule has 8 N–H and O–H groups in total. The van der Waals surface area contributed by atoms with Crippen LogP contribution in [-0.4, -0.2) is 23.4 Å². The molecule has 0 spiro atoms. The van der Waals surface area contributed by atoms with Gasteiger partial charge in [-0.2, -0.15) is 0 Å². The third-order valence-corrected chi connectivity index (χ3v) is 0.1000. The summed E-state index contributed by atoms with van der Waals surface area (Å²) in [7, 11) is 0. The number of rotatable bonds is 1. The van der Waals surface area contributed by atoms with Crippen molar-refractivity contribution in [1.29, 1.82) is 0 Å². The van der Waals surface area contributed by atoms with E-state index < -0.39 is 0 Å². The Morgan fingerprint density at radius 1 is 1.22 bits per heavy atom. The van der Waals surface area contributed by atoms with Gasteiger partial charge in [0.05, 0.1) is 13.2 Å². The van der Waals surface area contributed by atoms with Gasteiger partial charge in [-0.15, -0.1) is 6.58 Å². The minimum absolute atomic E-state index is 0. The zero-order valence-electron chi connectivity index (χ0n) is 6.01. The van der Waals surface area contributed by atoms with Crippen molar-refractivity contribution >= 4 is 0 Å². The summed E-state index contributed by atoms with van der Waals surface area (Å²) in [6.07, 6.45) is 1.75. The molecule has 0 fully saturated rings. The van der Waals surface area contributed by atoms with Crippen LogP contribution in [0.2, 0.25) is 0 Å². The number of aliphatic hydroxyl groups is 2. The molecule has 0 atom stereocenters. The lowest BCUT2D eigenvalue weighted by Gasteiger charge is -1.70. The number of hydrogen-bond donors (Lipinski definition) is 4. The Labute approximate surface area is 56.4 Å². The first-order valence-corrected chi connectivity index (χ1v) is 2.12. The van der Waals surface area contributed by atoms with Crippen molar-refractivity contribution in [2.75, 3.05) is 13.2 Å². The van der Waals surface area contributed by atoms with Crippen LogP contribution in [0, 0.1) is 0 Å². The van der Waals surface area contributed by atoms with E-state index >= 15 is 0 Å². The molecule has 9 heavy (non-hydrogen) atoms. The van der Waals surface area contributed by atoms with E-state index in [0.29, 0.717) is 0 Å². The molecule has 0 aromatic carbocycles. The Bertz CT molecular complexity index is 32.1. The van der Waals surface area contributed by atoms with Crippen molar-refractivity contribution < 1.29 is 10.2 Å². The maximum atomic E-state index is 7.62. The summed E-state index contributed by atoms with van der Waals surface area (Å²) in [5.41, 5.74) is 0. The molecule has 0 heterocycles. The molecule has 0 unspecified atom stereocenters. The van der Waals surface area contributed by atoms with Gasteiger partial charge in [-0.25, -0.2) is 0 Å². The normalized spacial score (nSPS) is 4.78. The maximum Gasteiger partial charge on any atom is 0.0662 e. The molecule has 4 heteroatoms. The highest BCUT2D eigenvalue weighted by molar-refractivity contribution is 4.51. The Balaban J connectivity index is -0.0000000233. The molecule has 0 aliphatic carbocycles. The van der Waals surface area contributed by atoms with Crippen LogP contribution in [0.15, 0.2) is 12.7 Å². The van der Waals surface area contributed by atoms with Crippen LogP contribution in [-0.2, 0) is 0 Å². The molecule has 0 aliphatic rings. The number of aliphatic hydroxyl groups excluding tert-OH is 2. The molecule has 0 bridgehead atoms. The van der Waals surface area contributed by atoms with E-state index in [1.165, 1.54) is 0 Å². The first-order chi connectivity index (χ1) is 3.33. The van der Waals surface area contributed by atoms with E-state index in [-0.39, 0.29) is 25.5 Å². The van der Waals surface area contributed by atoms with Crippen LogP contribution in [0.5, 0.6) is 0 Å². The van der Waals surface area contributed by atoms with Crippen molar-refractivity contribution in [3.05, 3.63) is 12.7 Å². The van der Waals surface area contributed by atoms with Gasteiger partial charge in [0, 0.05) is 0 Å². The lowest BCUT2D eigenvalue weighted by Crippen LogP contribution is -1.85. The minimum Gasteiger partial charge on any atom is -0.394 e. The molecule has 60 valence electrons. The summed E-state index contributed by atoms with van der Waals surface area (Å²) in [5, 5.41) is 15.2. The molecule has 0 saturated carbocycles. The molecule has 0 amide bonds. The van der Waals surface area contributed by atoms with Gasteiger partial charge in [-0.3, -0.25) is 0 Å². The van der Waals surface area contributed by atoms with E-state index in [2.05, 4.69) is 6.58 Å². The summed E-state index contributed by atoms with van der Waals surface area (Å²) in [5.74, 6) is 0. The van der Waals surface area contributed by atoms with Crippen molar-refractivity contribution in [1.82, 2.24) is 12.3 Å². The molecule has 0 radical (unpaired) electrons. The van der Waals surface area contributed by atoms with Crippen LogP contribution >= 0.6 is 0 Å². The number of allylic oxidation sites excluding steroid dienone is 1. The van der Waals surface area contributed by atoms with Gasteiger partial charge < -0.3 is 22.5 Å². The second-order valence-corrected chi connectivity index (χ2v) is 0.855. The SMILES string of the molecule is C=CC.N.N.OCCO. The van der Waals surface area contributed by atoms with Crippen LogP contribution in [0.25, 0.3) is 0 Å². The second kappa shape index (κ2) is 49.3. The largest absolute Gasteiger partial charge is 0.394 e. The molecule has 0 saturated heterocycles. The van der Waals surface area contributed by atoms with E-state index in [0.717, 1.165) is 0 Å². The lowest BCUT2D eigenvalue weighted by molar-refractivity contribution is 0.186. The van der Waals surface area contributed by atoms with Crippen LogP contribution < -0.4 is 12.3 Å². The van der Waals surface area contributed by atoms with Gasteiger partial charge in [-0.1, -0.05) is 6.08 Å². The molecule has 0 aromatic rings. The Hall–Kier alpha value is -0.420. The lowest BCUT2D eigenvalue weighted by atomic mass is 10.8. The van der Waals surface area contributed by atoms with E-state index in [4.69, 9.17) is 10.2 Å². The molecular weight excluding hydrogens is 120 g/mol. The van der Waals surface area contributed by atoms with E-state index in [9.17, 15) is 0 Å². The highest BCUT2D eigenvalue weighted by Crippen LogP contribution is 1.39. The topological polar surface area (TPSA) is 110 Å². The zero-order chi connectivity index (χ0) is 6.12. The summed E-state index contributed by atoms with van der Waals surface area (Å²) >= 11 is 0. The fourth-order valence-corrected chi connectivity index (χ4v) is 0. The monoisotopic (exact) mass is 138 g/mol. The van der Waals surface area contributed by atoms with Gasteiger partial charge in [-0.05, 0) is 6.92 Å². The first kappa shape index (κ1) is 23.5. The standard InChI is InChI=1S/C3H6.C2H6O2.2H3N/c1-3-2;3-1-2-4;;/h3H,1H2,2H3;3-4H,1-2H2;2*1H3. The van der Waals surface area contributed by atoms with E-state index in [1.54, 1.807) is 6.08 Å². The zero-order valence-corrected chi connectivity index (χ0v) is 6.01. The molecule has 0 aliphatic heterocycles. The third-order valence-electron chi connectivity index (χ3n) is 0.1000. The van der Waals surface area contributed by atoms with Gasteiger partial charge in [0.1, 0.15) is 0 Å². The smallest absolute Gasteiger partial charge is 0.0662 e. The van der Waals surface area contributed by atoms with Crippen molar-refractivity contribution in [2.45, 2.75) is 6.92 Å². The predicted octanol–water partition coefficient (Wildman–Crippen LogP) is 0.487. The van der Waals surface area contributed by atoms with Crippen LogP contribution in [0.4, 0.5) is 0 Å². The molecule has 4 nitrogen and oxygen atoms in total. The van der Waals surface area contributed by atoms with Gasteiger partial charge >= 0.3 is 0 Å². The minimum atomic E-state index is -0.125. The molecule has 0 aromatic heterocycles.